The normalized spacial score (nSPS) is 14.0. The summed E-state index contributed by atoms with van der Waals surface area (Å²) < 4.78 is 0. The number of fused-ring (bicyclic) bond motifs is 7. The second kappa shape index (κ2) is 10.0. The predicted octanol–water partition coefficient (Wildman–Crippen LogP) is 8.81. The molecule has 8 rings (SSSR count). The van der Waals surface area contributed by atoms with E-state index in [-0.39, 0.29) is 5.41 Å². The Morgan fingerprint density at radius 1 is 0.568 bits per heavy atom. The average molecular weight is 572 g/mol. The third kappa shape index (κ3) is 3.82. The molecular weight excluding hydrogens is 538 g/mol. The fourth-order valence-electron chi connectivity index (χ4n) is 7.87. The first-order valence-corrected chi connectivity index (χ1v) is 15.5. The van der Waals surface area contributed by atoms with Gasteiger partial charge in [-0.2, -0.15) is 0 Å². The van der Waals surface area contributed by atoms with Crippen LogP contribution in [0.4, 0.5) is 0 Å². The van der Waals surface area contributed by atoms with Crippen molar-refractivity contribution in [2.75, 3.05) is 0 Å². The van der Waals surface area contributed by atoms with Crippen molar-refractivity contribution in [3.05, 3.63) is 126 Å². The summed E-state index contributed by atoms with van der Waals surface area (Å²) in [6.45, 7) is 9.54. The Labute approximate surface area is 258 Å². The van der Waals surface area contributed by atoms with Crippen molar-refractivity contribution in [1.29, 1.82) is 0 Å². The van der Waals surface area contributed by atoms with Crippen LogP contribution in [0.2, 0.25) is 0 Å². The number of hydrogen-bond acceptors (Lipinski definition) is 5. The summed E-state index contributed by atoms with van der Waals surface area (Å²) in [5.41, 5.74) is 13.4. The van der Waals surface area contributed by atoms with Gasteiger partial charge in [0.25, 0.3) is 0 Å². The molecule has 3 heterocycles. The van der Waals surface area contributed by atoms with Crippen LogP contribution in [-0.2, 0) is 11.8 Å². The molecular formula is C39H33N5. The fraction of sp³-hybridized carbons (Fsp3) is 0.205. The van der Waals surface area contributed by atoms with E-state index in [1.165, 1.54) is 44.5 Å². The number of pyridine rings is 2. The van der Waals surface area contributed by atoms with Gasteiger partial charge in [-0.15, -0.1) is 0 Å². The summed E-state index contributed by atoms with van der Waals surface area (Å²) >= 11 is 0. The first kappa shape index (κ1) is 26.6. The first-order chi connectivity index (χ1) is 21.5. The van der Waals surface area contributed by atoms with Crippen LogP contribution in [0, 0.1) is 11.8 Å². The Kier molecular flexibility index (Phi) is 6.05. The molecule has 0 saturated carbocycles. The Bertz CT molecular complexity index is 1980. The van der Waals surface area contributed by atoms with E-state index in [4.69, 9.17) is 15.0 Å². The lowest BCUT2D eigenvalue weighted by atomic mass is 9.61. The van der Waals surface area contributed by atoms with Crippen molar-refractivity contribution in [2.24, 2.45) is 11.8 Å². The van der Waals surface area contributed by atoms with Crippen LogP contribution in [0.5, 0.6) is 0 Å². The minimum absolute atomic E-state index is 0.122. The van der Waals surface area contributed by atoms with Crippen LogP contribution in [0.3, 0.4) is 0 Å². The van der Waals surface area contributed by atoms with Crippen LogP contribution in [-0.4, -0.2) is 24.9 Å². The summed E-state index contributed by atoms with van der Waals surface area (Å²) in [5, 5.41) is 0. The maximum atomic E-state index is 4.96. The molecule has 0 bridgehead atoms. The highest BCUT2D eigenvalue weighted by Gasteiger charge is 2.50. The molecule has 0 unspecified atom stereocenters. The first-order valence-electron chi connectivity index (χ1n) is 15.5. The van der Waals surface area contributed by atoms with Gasteiger partial charge in [-0.1, -0.05) is 88.4 Å². The zero-order valence-corrected chi connectivity index (χ0v) is 25.4. The van der Waals surface area contributed by atoms with E-state index in [9.17, 15) is 0 Å². The third-order valence-corrected chi connectivity index (χ3v) is 9.63. The van der Waals surface area contributed by atoms with E-state index in [1.54, 1.807) is 12.4 Å². The number of aromatic nitrogens is 5. The number of nitrogens with zero attached hydrogens (tertiary/aromatic N) is 5. The van der Waals surface area contributed by atoms with Gasteiger partial charge < -0.3 is 0 Å². The molecule has 0 fully saturated rings. The van der Waals surface area contributed by atoms with Gasteiger partial charge >= 0.3 is 0 Å². The standard InChI is InChI=1S/C39H33N5/c1-23(2)39(24(3)4)31-18-16-27(22-30(31)29-17-15-26-21-25-11-5-6-12-28(25)34(26)35(29)39)36-42-37(32-13-7-9-19-40-32)44-38(43-36)33-14-8-10-20-41-33/h5-20,22-24H,21H2,1-4H3. The van der Waals surface area contributed by atoms with E-state index in [2.05, 4.69) is 92.3 Å². The van der Waals surface area contributed by atoms with Crippen molar-refractivity contribution in [2.45, 2.75) is 39.5 Å². The van der Waals surface area contributed by atoms with E-state index < -0.39 is 0 Å². The quantitative estimate of drug-likeness (QED) is 0.207. The van der Waals surface area contributed by atoms with E-state index in [1.807, 2.05) is 36.4 Å². The second-order valence-corrected chi connectivity index (χ2v) is 12.5. The van der Waals surface area contributed by atoms with Crippen LogP contribution in [0.1, 0.15) is 49.9 Å². The topological polar surface area (TPSA) is 64.5 Å². The van der Waals surface area contributed by atoms with Crippen molar-refractivity contribution in [1.82, 2.24) is 24.9 Å². The van der Waals surface area contributed by atoms with E-state index in [0.29, 0.717) is 40.7 Å². The van der Waals surface area contributed by atoms with Gasteiger partial charge in [0.1, 0.15) is 11.4 Å². The summed E-state index contributed by atoms with van der Waals surface area (Å²) in [6.07, 6.45) is 4.52. The van der Waals surface area contributed by atoms with E-state index >= 15 is 0 Å². The number of hydrogen-bond donors (Lipinski definition) is 0. The molecule has 0 N–H and O–H groups in total. The molecule has 0 amide bonds. The monoisotopic (exact) mass is 571 g/mol. The summed E-state index contributed by atoms with van der Waals surface area (Å²) in [6, 6.07) is 32.0. The second-order valence-electron chi connectivity index (χ2n) is 12.5. The summed E-state index contributed by atoms with van der Waals surface area (Å²) in [4.78, 5) is 23.8. The predicted molar refractivity (Wildman–Crippen MR) is 176 cm³/mol. The summed E-state index contributed by atoms with van der Waals surface area (Å²) in [7, 11) is 0. The molecule has 214 valence electrons. The third-order valence-electron chi connectivity index (χ3n) is 9.63. The maximum absolute atomic E-state index is 4.96. The lowest BCUT2D eigenvalue weighted by molar-refractivity contribution is 0.281. The molecule has 0 spiro atoms. The molecule has 0 saturated heterocycles. The van der Waals surface area contributed by atoms with Gasteiger partial charge in [-0.3, -0.25) is 9.97 Å². The van der Waals surface area contributed by atoms with Gasteiger partial charge in [-0.25, -0.2) is 15.0 Å². The molecule has 0 aliphatic heterocycles. The number of rotatable bonds is 5. The minimum atomic E-state index is -0.122. The molecule has 2 aliphatic carbocycles. The Hall–Kier alpha value is -5.03. The largest absolute Gasteiger partial charge is 0.253 e. The fourth-order valence-corrected chi connectivity index (χ4v) is 7.87. The molecule has 5 nitrogen and oxygen atoms in total. The highest BCUT2D eigenvalue weighted by atomic mass is 15.1. The highest BCUT2D eigenvalue weighted by molar-refractivity contribution is 5.94. The Morgan fingerprint density at radius 3 is 1.84 bits per heavy atom. The smallest absolute Gasteiger partial charge is 0.182 e. The maximum Gasteiger partial charge on any atom is 0.182 e. The molecule has 3 aromatic heterocycles. The van der Waals surface area contributed by atoms with Crippen LogP contribution in [0.15, 0.2) is 103 Å². The van der Waals surface area contributed by atoms with Crippen LogP contribution in [0.25, 0.3) is 56.7 Å². The highest BCUT2D eigenvalue weighted by Crippen LogP contribution is 2.61. The molecule has 5 heteroatoms. The van der Waals surface area contributed by atoms with Crippen molar-refractivity contribution < 1.29 is 0 Å². The SMILES string of the molecule is CC(C)C1(C(C)C)c2ccc(-c3nc(-c4ccccn4)nc(-c4ccccn4)n3)cc2-c2ccc3c(c21)-c1ccccc1C3. The van der Waals surface area contributed by atoms with Gasteiger partial charge in [0.15, 0.2) is 17.5 Å². The number of benzene rings is 3. The molecule has 3 aromatic carbocycles. The molecule has 2 aliphatic rings. The Morgan fingerprint density at radius 2 is 1.20 bits per heavy atom. The molecule has 0 radical (unpaired) electrons. The van der Waals surface area contributed by atoms with E-state index in [0.717, 1.165) is 12.0 Å². The Balaban J connectivity index is 1.37. The van der Waals surface area contributed by atoms with Crippen molar-refractivity contribution in [3.63, 3.8) is 0 Å². The zero-order chi connectivity index (χ0) is 30.0. The van der Waals surface area contributed by atoms with Gasteiger partial charge in [-0.05, 0) is 93.1 Å². The average Bonchev–Trinajstić information content (AvgIpc) is 3.59. The van der Waals surface area contributed by atoms with Crippen molar-refractivity contribution >= 4 is 0 Å². The zero-order valence-electron chi connectivity index (χ0n) is 25.4. The van der Waals surface area contributed by atoms with Crippen LogP contribution >= 0.6 is 0 Å². The van der Waals surface area contributed by atoms with Gasteiger partial charge in [0.05, 0.1) is 0 Å². The molecule has 6 aromatic rings. The van der Waals surface area contributed by atoms with Crippen LogP contribution < -0.4 is 0 Å². The van der Waals surface area contributed by atoms with Crippen molar-refractivity contribution in [3.8, 4) is 56.7 Å². The molecule has 0 atom stereocenters. The summed E-state index contributed by atoms with van der Waals surface area (Å²) in [5.74, 6) is 2.48. The molecule has 44 heavy (non-hydrogen) atoms. The lowest BCUT2D eigenvalue weighted by Gasteiger charge is -2.41. The van der Waals surface area contributed by atoms with Gasteiger partial charge in [0, 0.05) is 23.4 Å². The van der Waals surface area contributed by atoms with Gasteiger partial charge in [0.2, 0.25) is 0 Å². The minimum Gasteiger partial charge on any atom is -0.253 e. The lowest BCUT2D eigenvalue weighted by Crippen LogP contribution is -2.37.